The summed E-state index contributed by atoms with van der Waals surface area (Å²) in [5.74, 6) is 0.956. The number of rotatable bonds is 6. The van der Waals surface area contributed by atoms with Crippen molar-refractivity contribution in [3.63, 3.8) is 0 Å². The summed E-state index contributed by atoms with van der Waals surface area (Å²) in [5, 5.41) is 10.0. The molecule has 0 atom stereocenters. The van der Waals surface area contributed by atoms with E-state index in [4.69, 9.17) is 0 Å². The van der Waals surface area contributed by atoms with Crippen LogP contribution in [0.5, 0.6) is 0 Å². The molecular formula is C10H13NO2S. The lowest BCUT2D eigenvalue weighted by Gasteiger charge is -1.99. The minimum Gasteiger partial charge on any atom is -0.265 e. The fourth-order valence-electron chi connectivity index (χ4n) is 1.05. The molecule has 1 rings (SSSR count). The van der Waals surface area contributed by atoms with Crippen molar-refractivity contribution in [1.82, 2.24) is 0 Å². The quantitative estimate of drug-likeness (QED) is 0.314. The molecule has 0 aliphatic carbocycles. The first-order valence-corrected chi connectivity index (χ1v) is 5.57. The van der Waals surface area contributed by atoms with Crippen molar-refractivity contribution < 1.29 is 4.92 Å². The molecule has 0 amide bonds. The first-order chi connectivity index (χ1) is 6.79. The molecule has 0 heterocycles. The zero-order chi connectivity index (χ0) is 10.2. The molecule has 3 nitrogen and oxygen atoms in total. The minimum absolute atomic E-state index is 0.0926. The van der Waals surface area contributed by atoms with Crippen molar-refractivity contribution in [2.75, 3.05) is 12.3 Å². The SMILES string of the molecule is O=[N+]([O-])CCCCSc1ccccc1. The molecule has 0 unspecified atom stereocenters. The Morgan fingerprint density at radius 2 is 1.93 bits per heavy atom. The van der Waals surface area contributed by atoms with Crippen molar-refractivity contribution in [3.8, 4) is 0 Å². The van der Waals surface area contributed by atoms with Gasteiger partial charge in [0.25, 0.3) is 0 Å². The lowest BCUT2D eigenvalue weighted by Crippen LogP contribution is -2.00. The van der Waals surface area contributed by atoms with Gasteiger partial charge in [0, 0.05) is 16.2 Å². The van der Waals surface area contributed by atoms with Gasteiger partial charge >= 0.3 is 0 Å². The Morgan fingerprint density at radius 3 is 2.57 bits per heavy atom. The summed E-state index contributed by atoms with van der Waals surface area (Å²) in [6.45, 7) is 0.0926. The number of nitrogens with zero attached hydrogens (tertiary/aromatic N) is 1. The van der Waals surface area contributed by atoms with E-state index in [1.807, 2.05) is 18.2 Å². The van der Waals surface area contributed by atoms with Crippen LogP contribution in [-0.2, 0) is 0 Å². The van der Waals surface area contributed by atoms with E-state index in [1.165, 1.54) is 4.90 Å². The summed E-state index contributed by atoms with van der Waals surface area (Å²) in [6, 6.07) is 10.1. The van der Waals surface area contributed by atoms with Crippen LogP contribution in [0.3, 0.4) is 0 Å². The average molecular weight is 211 g/mol. The van der Waals surface area contributed by atoms with Gasteiger partial charge in [-0.25, -0.2) is 0 Å². The van der Waals surface area contributed by atoms with Crippen LogP contribution in [0.2, 0.25) is 0 Å². The Bertz CT molecular complexity index is 277. The maximum Gasteiger partial charge on any atom is 0.203 e. The summed E-state index contributed by atoms with van der Waals surface area (Å²) in [7, 11) is 0. The number of thioether (sulfide) groups is 1. The van der Waals surface area contributed by atoms with Crippen LogP contribution in [0.25, 0.3) is 0 Å². The first kappa shape index (κ1) is 11.0. The maximum absolute atomic E-state index is 10.0. The predicted octanol–water partition coefficient (Wildman–Crippen LogP) is 2.84. The van der Waals surface area contributed by atoms with Crippen LogP contribution in [-0.4, -0.2) is 17.2 Å². The second-order valence-corrected chi connectivity index (χ2v) is 4.09. The standard InChI is InChI=1S/C10H13NO2S/c12-11(13)8-4-5-9-14-10-6-2-1-3-7-10/h1-3,6-7H,4-5,8-9H2. The number of hydrogen-bond donors (Lipinski definition) is 0. The van der Waals surface area contributed by atoms with Crippen molar-refractivity contribution in [2.45, 2.75) is 17.7 Å². The van der Waals surface area contributed by atoms with E-state index in [0.717, 1.165) is 12.2 Å². The highest BCUT2D eigenvalue weighted by Gasteiger charge is 1.97. The molecule has 0 saturated carbocycles. The zero-order valence-corrected chi connectivity index (χ0v) is 8.70. The summed E-state index contributed by atoms with van der Waals surface area (Å²) < 4.78 is 0. The van der Waals surface area contributed by atoms with Gasteiger partial charge < -0.3 is 0 Å². The minimum atomic E-state index is -0.257. The van der Waals surface area contributed by atoms with Gasteiger partial charge in [-0.1, -0.05) is 18.2 Å². The van der Waals surface area contributed by atoms with E-state index in [1.54, 1.807) is 11.8 Å². The largest absolute Gasteiger partial charge is 0.265 e. The molecule has 0 aromatic heterocycles. The molecule has 76 valence electrons. The molecule has 0 spiro atoms. The molecule has 0 radical (unpaired) electrons. The molecule has 1 aromatic carbocycles. The lowest BCUT2D eigenvalue weighted by atomic mass is 10.3. The molecule has 14 heavy (non-hydrogen) atoms. The van der Waals surface area contributed by atoms with Gasteiger partial charge in [0.2, 0.25) is 6.54 Å². The summed E-state index contributed by atoms with van der Waals surface area (Å²) >= 11 is 1.75. The summed E-state index contributed by atoms with van der Waals surface area (Å²) in [5.41, 5.74) is 0. The third-order valence-electron chi connectivity index (χ3n) is 1.75. The van der Waals surface area contributed by atoms with Gasteiger partial charge in [0.05, 0.1) is 0 Å². The molecule has 0 bridgehead atoms. The highest BCUT2D eigenvalue weighted by atomic mass is 32.2. The van der Waals surface area contributed by atoms with Crippen molar-refractivity contribution in [1.29, 1.82) is 0 Å². The van der Waals surface area contributed by atoms with Gasteiger partial charge in [0.15, 0.2) is 0 Å². The van der Waals surface area contributed by atoms with E-state index in [0.29, 0.717) is 6.42 Å². The Labute approximate surface area is 87.7 Å². The van der Waals surface area contributed by atoms with Crippen LogP contribution >= 0.6 is 11.8 Å². The van der Waals surface area contributed by atoms with Crippen LogP contribution in [0.15, 0.2) is 35.2 Å². The summed E-state index contributed by atoms with van der Waals surface area (Å²) in [4.78, 5) is 11.0. The summed E-state index contributed by atoms with van der Waals surface area (Å²) in [6.07, 6.45) is 1.58. The fraction of sp³-hybridized carbons (Fsp3) is 0.400. The van der Waals surface area contributed by atoms with Gasteiger partial charge in [0.1, 0.15) is 0 Å². The van der Waals surface area contributed by atoms with Gasteiger partial charge in [-0.15, -0.1) is 11.8 Å². The Kier molecular flexibility index (Phi) is 5.07. The molecular weight excluding hydrogens is 198 g/mol. The highest BCUT2D eigenvalue weighted by Crippen LogP contribution is 2.18. The average Bonchev–Trinajstić information content (AvgIpc) is 2.18. The monoisotopic (exact) mass is 211 g/mol. The van der Waals surface area contributed by atoms with E-state index in [9.17, 15) is 10.1 Å². The third-order valence-corrected chi connectivity index (χ3v) is 2.85. The number of benzene rings is 1. The Morgan fingerprint density at radius 1 is 1.21 bits per heavy atom. The van der Waals surface area contributed by atoms with Gasteiger partial charge in [-0.3, -0.25) is 10.1 Å². The zero-order valence-electron chi connectivity index (χ0n) is 7.89. The number of hydrogen-bond acceptors (Lipinski definition) is 3. The van der Waals surface area contributed by atoms with E-state index in [2.05, 4.69) is 12.1 Å². The second-order valence-electron chi connectivity index (χ2n) is 2.92. The molecule has 0 aliphatic rings. The topological polar surface area (TPSA) is 43.1 Å². The van der Waals surface area contributed by atoms with Crippen LogP contribution in [0, 0.1) is 10.1 Å². The molecule has 4 heteroatoms. The Hall–Kier alpha value is -1.03. The lowest BCUT2D eigenvalue weighted by molar-refractivity contribution is -0.480. The molecule has 0 fully saturated rings. The molecule has 0 saturated heterocycles. The molecule has 0 aliphatic heterocycles. The third kappa shape index (κ3) is 4.87. The highest BCUT2D eigenvalue weighted by molar-refractivity contribution is 7.99. The normalized spacial score (nSPS) is 10.0. The first-order valence-electron chi connectivity index (χ1n) is 4.58. The van der Waals surface area contributed by atoms with Crippen molar-refractivity contribution in [2.24, 2.45) is 0 Å². The number of unbranched alkanes of at least 4 members (excludes halogenated alkanes) is 1. The number of nitro groups is 1. The van der Waals surface area contributed by atoms with Crippen molar-refractivity contribution in [3.05, 3.63) is 40.4 Å². The maximum atomic E-state index is 10.0. The second kappa shape index (κ2) is 6.43. The van der Waals surface area contributed by atoms with Crippen LogP contribution < -0.4 is 0 Å². The molecule has 1 aromatic rings. The van der Waals surface area contributed by atoms with Crippen LogP contribution in [0.4, 0.5) is 0 Å². The van der Waals surface area contributed by atoms with Gasteiger partial charge in [-0.2, -0.15) is 0 Å². The van der Waals surface area contributed by atoms with Crippen LogP contribution in [0.1, 0.15) is 12.8 Å². The Balaban J connectivity index is 2.08. The predicted molar refractivity (Wildman–Crippen MR) is 58.3 cm³/mol. The van der Waals surface area contributed by atoms with E-state index < -0.39 is 0 Å². The van der Waals surface area contributed by atoms with Crippen molar-refractivity contribution >= 4 is 11.8 Å². The van der Waals surface area contributed by atoms with Gasteiger partial charge in [-0.05, 0) is 24.3 Å². The molecule has 0 N–H and O–H groups in total. The van der Waals surface area contributed by atoms with E-state index in [-0.39, 0.29) is 11.5 Å². The smallest absolute Gasteiger partial charge is 0.203 e. The van der Waals surface area contributed by atoms with E-state index >= 15 is 0 Å². The fourth-order valence-corrected chi connectivity index (χ4v) is 1.98.